The minimum Gasteiger partial charge on any atom is -0.478 e. The summed E-state index contributed by atoms with van der Waals surface area (Å²) in [6.45, 7) is 6.70. The summed E-state index contributed by atoms with van der Waals surface area (Å²) >= 11 is 0. The second-order valence-electron chi connectivity index (χ2n) is 6.87. The standard InChI is InChI=1S/C17H26N2O2/c1-4-5-14-10-12(16(20)21)11-15(19-14)18-13-6-8-17(2,3)9-7-13/h10-11,13H,4-9H2,1-3H3,(H,18,19)(H,20,21). The summed E-state index contributed by atoms with van der Waals surface area (Å²) in [4.78, 5) is 15.8. The van der Waals surface area contributed by atoms with Crippen molar-refractivity contribution < 1.29 is 9.90 Å². The molecule has 1 aromatic rings. The number of nitrogens with one attached hydrogen (secondary N) is 1. The second kappa shape index (κ2) is 6.46. The molecule has 2 rings (SSSR count). The molecular formula is C17H26N2O2. The topological polar surface area (TPSA) is 62.2 Å². The molecule has 21 heavy (non-hydrogen) atoms. The average Bonchev–Trinajstić information content (AvgIpc) is 2.41. The van der Waals surface area contributed by atoms with Crippen LogP contribution in [0.15, 0.2) is 12.1 Å². The Kier molecular flexibility index (Phi) is 4.86. The van der Waals surface area contributed by atoms with E-state index in [1.165, 1.54) is 12.8 Å². The number of carboxylic acid groups (broad SMARTS) is 1. The highest BCUT2D eigenvalue weighted by Gasteiger charge is 2.27. The Morgan fingerprint density at radius 3 is 2.62 bits per heavy atom. The molecule has 1 aliphatic rings. The Morgan fingerprint density at radius 1 is 1.38 bits per heavy atom. The largest absolute Gasteiger partial charge is 0.478 e. The van der Waals surface area contributed by atoms with Crippen LogP contribution < -0.4 is 5.32 Å². The number of hydrogen-bond acceptors (Lipinski definition) is 3. The maximum absolute atomic E-state index is 11.2. The molecule has 0 aromatic carbocycles. The summed E-state index contributed by atoms with van der Waals surface area (Å²) in [5.41, 5.74) is 1.62. The van der Waals surface area contributed by atoms with Crippen molar-refractivity contribution in [2.24, 2.45) is 5.41 Å². The zero-order valence-corrected chi connectivity index (χ0v) is 13.3. The van der Waals surface area contributed by atoms with Crippen LogP contribution in [0.5, 0.6) is 0 Å². The average molecular weight is 290 g/mol. The molecule has 0 saturated heterocycles. The molecule has 2 N–H and O–H groups in total. The summed E-state index contributed by atoms with van der Waals surface area (Å²) in [5.74, 6) is -0.175. The Morgan fingerprint density at radius 2 is 2.05 bits per heavy atom. The Balaban J connectivity index is 2.10. The van der Waals surface area contributed by atoms with Crippen LogP contribution in [0.4, 0.5) is 5.82 Å². The molecular weight excluding hydrogens is 264 g/mol. The highest BCUT2D eigenvalue weighted by Crippen LogP contribution is 2.36. The second-order valence-corrected chi connectivity index (χ2v) is 6.87. The molecule has 0 aliphatic heterocycles. The number of aryl methyl sites for hydroxylation is 1. The highest BCUT2D eigenvalue weighted by atomic mass is 16.4. The molecule has 1 aliphatic carbocycles. The van der Waals surface area contributed by atoms with Crippen LogP contribution in [0.3, 0.4) is 0 Å². The fourth-order valence-corrected chi connectivity index (χ4v) is 2.92. The van der Waals surface area contributed by atoms with E-state index in [-0.39, 0.29) is 0 Å². The van der Waals surface area contributed by atoms with Crippen molar-refractivity contribution in [3.63, 3.8) is 0 Å². The molecule has 1 fully saturated rings. The van der Waals surface area contributed by atoms with Crippen LogP contribution in [-0.2, 0) is 6.42 Å². The van der Waals surface area contributed by atoms with Gasteiger partial charge in [-0.05, 0) is 49.7 Å². The van der Waals surface area contributed by atoms with Crippen molar-refractivity contribution in [3.8, 4) is 0 Å². The zero-order chi connectivity index (χ0) is 15.5. The third-order valence-electron chi connectivity index (χ3n) is 4.32. The number of pyridine rings is 1. The summed E-state index contributed by atoms with van der Waals surface area (Å²) in [6, 6.07) is 3.74. The van der Waals surface area contributed by atoms with Gasteiger partial charge in [0, 0.05) is 11.7 Å². The summed E-state index contributed by atoms with van der Waals surface area (Å²) < 4.78 is 0. The maximum Gasteiger partial charge on any atom is 0.335 e. The highest BCUT2D eigenvalue weighted by molar-refractivity contribution is 5.88. The first-order chi connectivity index (χ1) is 9.89. The third kappa shape index (κ3) is 4.45. The van der Waals surface area contributed by atoms with E-state index in [1.807, 2.05) is 0 Å². The van der Waals surface area contributed by atoms with Crippen molar-refractivity contribution in [2.45, 2.75) is 65.3 Å². The molecule has 4 heteroatoms. The number of carbonyl (C=O) groups is 1. The lowest BCUT2D eigenvalue weighted by molar-refractivity contribution is 0.0696. The molecule has 0 spiro atoms. The van der Waals surface area contributed by atoms with Gasteiger partial charge >= 0.3 is 5.97 Å². The molecule has 0 atom stereocenters. The van der Waals surface area contributed by atoms with Crippen LogP contribution in [0.2, 0.25) is 0 Å². The van der Waals surface area contributed by atoms with Gasteiger partial charge in [0.1, 0.15) is 5.82 Å². The summed E-state index contributed by atoms with van der Waals surface area (Å²) in [5, 5.41) is 12.7. The number of aromatic nitrogens is 1. The molecule has 1 saturated carbocycles. The number of anilines is 1. The molecule has 1 aromatic heterocycles. The molecule has 1 heterocycles. The number of aromatic carboxylic acids is 1. The van der Waals surface area contributed by atoms with Crippen LogP contribution in [-0.4, -0.2) is 22.1 Å². The molecule has 116 valence electrons. The van der Waals surface area contributed by atoms with E-state index in [2.05, 4.69) is 31.1 Å². The molecule has 0 unspecified atom stereocenters. The van der Waals surface area contributed by atoms with Crippen LogP contribution >= 0.6 is 0 Å². The van der Waals surface area contributed by atoms with E-state index in [0.717, 1.165) is 31.4 Å². The number of nitrogens with zero attached hydrogens (tertiary/aromatic N) is 1. The van der Waals surface area contributed by atoms with Gasteiger partial charge in [-0.25, -0.2) is 9.78 Å². The van der Waals surface area contributed by atoms with E-state index in [9.17, 15) is 9.90 Å². The van der Waals surface area contributed by atoms with Crippen LogP contribution in [0.25, 0.3) is 0 Å². The van der Waals surface area contributed by atoms with Gasteiger partial charge < -0.3 is 10.4 Å². The van der Waals surface area contributed by atoms with Crippen molar-refractivity contribution >= 4 is 11.8 Å². The van der Waals surface area contributed by atoms with Crippen molar-refractivity contribution in [1.82, 2.24) is 4.98 Å². The first-order valence-corrected chi connectivity index (χ1v) is 7.90. The number of carboxylic acids is 1. The van der Waals surface area contributed by atoms with Crippen molar-refractivity contribution in [3.05, 3.63) is 23.4 Å². The predicted molar refractivity (Wildman–Crippen MR) is 84.9 cm³/mol. The van der Waals surface area contributed by atoms with E-state index in [4.69, 9.17) is 0 Å². The molecule has 0 bridgehead atoms. The number of rotatable bonds is 5. The van der Waals surface area contributed by atoms with Crippen molar-refractivity contribution in [2.75, 3.05) is 5.32 Å². The first kappa shape index (κ1) is 15.8. The monoisotopic (exact) mass is 290 g/mol. The summed E-state index contributed by atoms with van der Waals surface area (Å²) in [7, 11) is 0. The van der Waals surface area contributed by atoms with Crippen LogP contribution in [0.1, 0.15) is 68.9 Å². The molecule has 0 radical (unpaired) electrons. The lowest BCUT2D eigenvalue weighted by Gasteiger charge is -2.34. The lowest BCUT2D eigenvalue weighted by Crippen LogP contribution is -2.30. The predicted octanol–water partition coefficient (Wildman–Crippen LogP) is 4.11. The smallest absolute Gasteiger partial charge is 0.335 e. The van der Waals surface area contributed by atoms with Gasteiger partial charge in [0.25, 0.3) is 0 Å². The van der Waals surface area contributed by atoms with Gasteiger partial charge in [-0.2, -0.15) is 0 Å². The lowest BCUT2D eigenvalue weighted by atomic mass is 9.75. The van der Waals surface area contributed by atoms with Crippen molar-refractivity contribution in [1.29, 1.82) is 0 Å². The summed E-state index contributed by atoms with van der Waals surface area (Å²) in [6.07, 6.45) is 6.42. The minimum atomic E-state index is -0.886. The van der Waals surface area contributed by atoms with Gasteiger partial charge in [0.15, 0.2) is 0 Å². The number of hydrogen-bond donors (Lipinski definition) is 2. The fraction of sp³-hybridized carbons (Fsp3) is 0.647. The van der Waals surface area contributed by atoms with E-state index in [1.54, 1.807) is 12.1 Å². The maximum atomic E-state index is 11.2. The van der Waals surface area contributed by atoms with Gasteiger partial charge in [-0.1, -0.05) is 27.2 Å². The quantitative estimate of drug-likeness (QED) is 0.856. The van der Waals surface area contributed by atoms with Crippen LogP contribution in [0, 0.1) is 5.41 Å². The van der Waals surface area contributed by atoms with E-state index >= 15 is 0 Å². The van der Waals surface area contributed by atoms with Gasteiger partial charge in [-0.15, -0.1) is 0 Å². The molecule has 4 nitrogen and oxygen atoms in total. The SMILES string of the molecule is CCCc1cc(C(=O)O)cc(NC2CCC(C)(C)CC2)n1. The first-order valence-electron chi connectivity index (χ1n) is 7.90. The third-order valence-corrected chi connectivity index (χ3v) is 4.32. The Bertz CT molecular complexity index is 502. The Hall–Kier alpha value is -1.58. The zero-order valence-electron chi connectivity index (χ0n) is 13.3. The van der Waals surface area contributed by atoms with E-state index < -0.39 is 5.97 Å². The van der Waals surface area contributed by atoms with Gasteiger partial charge in [0.2, 0.25) is 0 Å². The fourth-order valence-electron chi connectivity index (χ4n) is 2.92. The van der Waals surface area contributed by atoms with E-state index in [0.29, 0.717) is 22.8 Å². The van der Waals surface area contributed by atoms with Gasteiger partial charge in [-0.3, -0.25) is 0 Å². The molecule has 0 amide bonds. The van der Waals surface area contributed by atoms with Gasteiger partial charge in [0.05, 0.1) is 5.56 Å². The minimum absolute atomic E-state index is 0.326. The Labute approximate surface area is 127 Å². The normalized spacial score (nSPS) is 18.4.